The minimum absolute atomic E-state index is 0.988. The predicted octanol–water partition coefficient (Wildman–Crippen LogP) is 8.23. The van der Waals surface area contributed by atoms with Gasteiger partial charge in [0.05, 0.1) is 0 Å². The first-order valence-corrected chi connectivity index (χ1v) is 12.9. The van der Waals surface area contributed by atoms with Gasteiger partial charge in [-0.3, -0.25) is 0 Å². The molecule has 4 aromatic carbocycles. The fourth-order valence-electron chi connectivity index (χ4n) is 5.32. The van der Waals surface area contributed by atoms with Crippen LogP contribution in [0.5, 0.6) is 0 Å². The number of anilines is 2. The van der Waals surface area contributed by atoms with Gasteiger partial charge in [0.25, 0.3) is 0 Å². The van der Waals surface area contributed by atoms with Gasteiger partial charge in [-0.1, -0.05) is 98.1 Å². The highest BCUT2D eigenvalue weighted by molar-refractivity contribution is 6.00. The number of benzene rings is 4. The summed E-state index contributed by atoms with van der Waals surface area (Å²) in [5.41, 5.74) is 7.96. The molecule has 182 valence electrons. The molecule has 0 saturated heterocycles. The minimum Gasteiger partial charge on any atom is -0.315 e. The molecular weight excluding hydrogens is 446 g/mol. The van der Waals surface area contributed by atoms with Gasteiger partial charge in [0.2, 0.25) is 0 Å². The first-order valence-electron chi connectivity index (χ1n) is 12.9. The second-order valence-electron chi connectivity index (χ2n) is 9.42. The lowest BCUT2D eigenvalue weighted by Crippen LogP contribution is -2.17. The highest BCUT2D eigenvalue weighted by Gasteiger charge is 2.15. The quantitative estimate of drug-likeness (QED) is 0.241. The van der Waals surface area contributed by atoms with Crippen molar-refractivity contribution < 1.29 is 0 Å². The van der Waals surface area contributed by atoms with Gasteiger partial charge in [-0.05, 0) is 101 Å². The van der Waals surface area contributed by atoms with E-state index in [1.165, 1.54) is 32.3 Å². The van der Waals surface area contributed by atoms with Crippen molar-refractivity contribution in [3.05, 3.63) is 149 Å². The molecule has 1 nitrogen and oxygen atoms in total. The number of hydrogen-bond acceptors (Lipinski definition) is 1. The van der Waals surface area contributed by atoms with Crippen molar-refractivity contribution in [2.24, 2.45) is 0 Å². The Labute approximate surface area is 220 Å². The van der Waals surface area contributed by atoms with Crippen LogP contribution in [0.4, 0.5) is 11.4 Å². The third-order valence-corrected chi connectivity index (χ3v) is 7.18. The largest absolute Gasteiger partial charge is 0.315 e. The molecule has 0 aromatic heterocycles. The Hall–Kier alpha value is -4.36. The maximum atomic E-state index is 4.56. The molecule has 0 bridgehead atoms. The van der Waals surface area contributed by atoms with Crippen molar-refractivity contribution >= 4 is 39.9 Å². The van der Waals surface area contributed by atoms with E-state index in [2.05, 4.69) is 129 Å². The van der Waals surface area contributed by atoms with E-state index in [1.54, 1.807) is 0 Å². The summed E-state index contributed by atoms with van der Waals surface area (Å²) in [6, 6.07) is 29.9. The molecule has 0 heterocycles. The maximum Gasteiger partial charge on any atom is 0.0458 e. The number of allylic oxidation sites excluding steroid dienone is 6. The van der Waals surface area contributed by atoms with Crippen LogP contribution < -0.4 is 15.3 Å². The highest BCUT2D eigenvalue weighted by atomic mass is 15.1. The van der Waals surface area contributed by atoms with Crippen molar-refractivity contribution in [1.29, 1.82) is 0 Å². The fraction of sp³-hybridized carbons (Fsp3) is 0.111. The van der Waals surface area contributed by atoms with E-state index < -0.39 is 0 Å². The van der Waals surface area contributed by atoms with Gasteiger partial charge in [-0.25, -0.2) is 0 Å². The summed E-state index contributed by atoms with van der Waals surface area (Å²) in [4.78, 5) is 2.27. The molecule has 0 aliphatic heterocycles. The monoisotopic (exact) mass is 479 g/mol. The van der Waals surface area contributed by atoms with Crippen molar-refractivity contribution in [1.82, 2.24) is 0 Å². The number of hydrogen-bond donors (Lipinski definition) is 0. The average Bonchev–Trinajstić information content (AvgIpc) is 2.95. The number of aryl methyl sites for hydroxylation is 1. The Bertz CT molecular complexity index is 1610. The molecule has 5 rings (SSSR count). The van der Waals surface area contributed by atoms with E-state index in [0.717, 1.165) is 41.1 Å². The summed E-state index contributed by atoms with van der Waals surface area (Å²) in [6.07, 6.45) is 13.0. The first-order chi connectivity index (χ1) is 18.1. The molecule has 1 aliphatic rings. The summed E-state index contributed by atoms with van der Waals surface area (Å²) in [6.45, 7) is 13.0. The van der Waals surface area contributed by atoms with Gasteiger partial charge < -0.3 is 4.90 Å². The van der Waals surface area contributed by atoms with E-state index in [-0.39, 0.29) is 0 Å². The Balaban J connectivity index is 1.60. The van der Waals surface area contributed by atoms with Crippen LogP contribution in [-0.2, 0) is 6.42 Å². The van der Waals surface area contributed by atoms with Crippen LogP contribution in [-0.4, -0.2) is 0 Å². The predicted molar refractivity (Wildman–Crippen MR) is 162 cm³/mol. The molecule has 0 radical (unpaired) electrons. The summed E-state index contributed by atoms with van der Waals surface area (Å²) < 4.78 is 0. The molecular formula is C36H33N. The van der Waals surface area contributed by atoms with E-state index in [0.29, 0.717) is 0 Å². The molecule has 0 atom stereocenters. The van der Waals surface area contributed by atoms with Crippen molar-refractivity contribution in [3.8, 4) is 0 Å². The molecule has 1 heteroatoms. The molecule has 0 amide bonds. The highest BCUT2D eigenvalue weighted by Crippen LogP contribution is 2.32. The van der Waals surface area contributed by atoms with Gasteiger partial charge in [0.1, 0.15) is 0 Å². The SMILES string of the molecule is C=C/C(=C\C=C(/C)N(c1ccccc1)c1ccccc1)C(=C)c1ccc2c3c(cc/c(=C/C)c13)=CCC2. The average molecular weight is 480 g/mol. The van der Waals surface area contributed by atoms with E-state index in [4.69, 9.17) is 0 Å². The molecule has 0 fully saturated rings. The second kappa shape index (κ2) is 10.7. The van der Waals surface area contributed by atoms with Crippen molar-refractivity contribution in [2.45, 2.75) is 26.7 Å². The number of nitrogens with zero attached hydrogens (tertiary/aromatic N) is 1. The van der Waals surface area contributed by atoms with Crippen molar-refractivity contribution in [3.63, 3.8) is 0 Å². The lowest BCUT2D eigenvalue weighted by atomic mass is 9.87. The third kappa shape index (κ3) is 4.73. The van der Waals surface area contributed by atoms with Crippen LogP contribution in [0.15, 0.2) is 128 Å². The summed E-state index contributed by atoms with van der Waals surface area (Å²) >= 11 is 0. The molecule has 0 unspecified atom stereocenters. The summed E-state index contributed by atoms with van der Waals surface area (Å²) in [7, 11) is 0. The lowest BCUT2D eigenvalue weighted by Gasteiger charge is -2.25. The smallest absolute Gasteiger partial charge is 0.0458 e. The standard InChI is InChI=1S/C36H33N/c1-5-28(21-20-26(3)37(32-16-9-7-10-17-32)33-18-11-8-12-19-33)27(4)34-25-24-31-15-13-14-30-23-22-29(6-2)36(34)35(30)31/h5-12,14,16-25H,1,4,13,15H2,2-3H3/b26-20+,28-21+,29-6-. The zero-order chi connectivity index (χ0) is 25.8. The van der Waals surface area contributed by atoms with E-state index >= 15 is 0 Å². The Morgan fingerprint density at radius 1 is 0.811 bits per heavy atom. The Morgan fingerprint density at radius 2 is 1.49 bits per heavy atom. The van der Waals surface area contributed by atoms with Crippen LogP contribution in [0.2, 0.25) is 0 Å². The molecule has 0 saturated carbocycles. The van der Waals surface area contributed by atoms with Gasteiger partial charge in [-0.2, -0.15) is 0 Å². The number of para-hydroxylation sites is 2. The first kappa shape index (κ1) is 24.3. The zero-order valence-corrected chi connectivity index (χ0v) is 21.7. The normalized spacial score (nSPS) is 13.8. The maximum absolute atomic E-state index is 4.56. The van der Waals surface area contributed by atoms with Gasteiger partial charge in [0, 0.05) is 17.1 Å². The summed E-state index contributed by atoms with van der Waals surface area (Å²) in [5, 5.41) is 5.25. The van der Waals surface area contributed by atoms with Crippen LogP contribution in [0.1, 0.15) is 31.4 Å². The second-order valence-corrected chi connectivity index (χ2v) is 9.42. The Morgan fingerprint density at radius 3 is 2.11 bits per heavy atom. The van der Waals surface area contributed by atoms with Crippen LogP contribution in [0.3, 0.4) is 0 Å². The fourth-order valence-corrected chi connectivity index (χ4v) is 5.32. The molecule has 0 spiro atoms. The lowest BCUT2D eigenvalue weighted by molar-refractivity contribution is 1.03. The molecule has 37 heavy (non-hydrogen) atoms. The molecule has 1 aliphatic carbocycles. The van der Waals surface area contributed by atoms with Crippen LogP contribution in [0, 0.1) is 0 Å². The van der Waals surface area contributed by atoms with Crippen molar-refractivity contribution in [2.75, 3.05) is 4.90 Å². The molecule has 0 N–H and O–H groups in total. The topological polar surface area (TPSA) is 3.24 Å². The molecule has 4 aromatic rings. The summed E-state index contributed by atoms with van der Waals surface area (Å²) in [5.74, 6) is 0. The van der Waals surface area contributed by atoms with Crippen LogP contribution in [0.25, 0.3) is 28.5 Å². The third-order valence-electron chi connectivity index (χ3n) is 7.18. The van der Waals surface area contributed by atoms with Gasteiger partial charge >= 0.3 is 0 Å². The van der Waals surface area contributed by atoms with Crippen LogP contribution >= 0.6 is 0 Å². The minimum atomic E-state index is 0.988. The van der Waals surface area contributed by atoms with E-state index in [1.807, 2.05) is 18.2 Å². The van der Waals surface area contributed by atoms with Gasteiger partial charge in [-0.15, -0.1) is 0 Å². The van der Waals surface area contributed by atoms with E-state index in [9.17, 15) is 0 Å². The zero-order valence-electron chi connectivity index (χ0n) is 21.7. The Kier molecular flexibility index (Phi) is 7.05. The van der Waals surface area contributed by atoms with Gasteiger partial charge in [0.15, 0.2) is 0 Å². The number of rotatable bonds is 7.